The maximum atomic E-state index is 12.0. The molecule has 0 aliphatic carbocycles. The third-order valence-corrected chi connectivity index (χ3v) is 3.98. The molecule has 0 spiro atoms. The van der Waals surface area contributed by atoms with Gasteiger partial charge in [0.1, 0.15) is 0 Å². The van der Waals surface area contributed by atoms with Crippen molar-refractivity contribution in [2.24, 2.45) is 0 Å². The normalized spacial score (nSPS) is 15.7. The summed E-state index contributed by atoms with van der Waals surface area (Å²) in [5, 5.41) is 2.93. The van der Waals surface area contributed by atoms with Crippen LogP contribution in [0.5, 0.6) is 0 Å². The van der Waals surface area contributed by atoms with E-state index in [0.29, 0.717) is 12.3 Å². The fraction of sp³-hybridized carbons (Fsp3) is 0.417. The number of urea groups is 1. The van der Waals surface area contributed by atoms with E-state index in [2.05, 4.69) is 15.3 Å². The van der Waals surface area contributed by atoms with Gasteiger partial charge in [-0.2, -0.15) is 11.8 Å². The Bertz CT molecular complexity index is 578. The van der Waals surface area contributed by atoms with E-state index in [-0.39, 0.29) is 6.03 Å². The molecular formula is C12H15N5OS. The number of imidazole rings is 1. The summed E-state index contributed by atoms with van der Waals surface area (Å²) in [5.41, 5.74) is 0.963. The zero-order valence-electron chi connectivity index (χ0n) is 10.5. The molecule has 2 aromatic heterocycles. The number of amides is 2. The third-order valence-electron chi connectivity index (χ3n) is 3.04. The third kappa shape index (κ3) is 2.81. The van der Waals surface area contributed by atoms with E-state index < -0.39 is 0 Å². The summed E-state index contributed by atoms with van der Waals surface area (Å²) in [5.74, 6) is 2.72. The molecule has 1 aliphatic heterocycles. The minimum absolute atomic E-state index is 0.00558. The molecule has 3 heterocycles. The molecule has 1 aliphatic rings. The number of carbonyl (C=O) groups is 1. The van der Waals surface area contributed by atoms with Crippen LogP contribution in [0.15, 0.2) is 24.8 Å². The smallest absolute Gasteiger partial charge is 0.317 e. The van der Waals surface area contributed by atoms with Crippen LogP contribution < -0.4 is 5.32 Å². The van der Waals surface area contributed by atoms with Gasteiger partial charge in [0.15, 0.2) is 0 Å². The van der Waals surface area contributed by atoms with Crippen molar-refractivity contribution in [3.63, 3.8) is 0 Å². The Balaban J connectivity index is 1.60. The lowest BCUT2D eigenvalue weighted by Crippen LogP contribution is -2.44. The van der Waals surface area contributed by atoms with Gasteiger partial charge in [-0.1, -0.05) is 0 Å². The maximum Gasteiger partial charge on any atom is 0.317 e. The lowest BCUT2D eigenvalue weighted by atomic mass is 10.3. The Hall–Kier alpha value is -1.76. The van der Waals surface area contributed by atoms with Crippen LogP contribution in [-0.4, -0.2) is 49.9 Å². The van der Waals surface area contributed by atoms with Crippen LogP contribution in [0.1, 0.15) is 5.56 Å². The highest BCUT2D eigenvalue weighted by Gasteiger charge is 2.15. The van der Waals surface area contributed by atoms with E-state index in [9.17, 15) is 4.79 Å². The average Bonchev–Trinajstić information content (AvgIpc) is 2.93. The summed E-state index contributed by atoms with van der Waals surface area (Å²) in [6, 6.07) is 0.00558. The van der Waals surface area contributed by atoms with Gasteiger partial charge in [0.05, 0.1) is 0 Å². The van der Waals surface area contributed by atoms with E-state index in [1.54, 1.807) is 12.4 Å². The molecule has 0 bridgehead atoms. The van der Waals surface area contributed by atoms with Gasteiger partial charge in [-0.15, -0.1) is 0 Å². The molecule has 0 atom stereocenters. The van der Waals surface area contributed by atoms with Gasteiger partial charge in [-0.05, 0) is 0 Å². The number of nitrogens with zero attached hydrogens (tertiary/aromatic N) is 4. The zero-order chi connectivity index (χ0) is 13.1. The van der Waals surface area contributed by atoms with Gasteiger partial charge in [-0.3, -0.25) is 4.40 Å². The monoisotopic (exact) mass is 277 g/mol. The summed E-state index contributed by atoms with van der Waals surface area (Å²) in [7, 11) is 0. The van der Waals surface area contributed by atoms with Crippen molar-refractivity contribution in [3.8, 4) is 0 Å². The Kier molecular flexibility index (Phi) is 3.54. The summed E-state index contributed by atoms with van der Waals surface area (Å²) in [4.78, 5) is 22.1. The molecule has 7 heteroatoms. The molecule has 0 unspecified atom stereocenters. The minimum atomic E-state index is 0.00558. The van der Waals surface area contributed by atoms with Gasteiger partial charge in [0, 0.05) is 61.5 Å². The molecule has 0 aromatic carbocycles. The molecular weight excluding hydrogens is 262 g/mol. The van der Waals surface area contributed by atoms with Crippen molar-refractivity contribution in [1.82, 2.24) is 24.6 Å². The molecule has 2 amide bonds. The van der Waals surface area contributed by atoms with E-state index in [1.807, 2.05) is 33.5 Å². The predicted molar refractivity (Wildman–Crippen MR) is 74.1 cm³/mol. The van der Waals surface area contributed by atoms with Crippen molar-refractivity contribution in [2.75, 3.05) is 24.6 Å². The van der Waals surface area contributed by atoms with Crippen molar-refractivity contribution >= 4 is 23.6 Å². The number of carbonyl (C=O) groups excluding carboxylic acids is 1. The highest BCUT2D eigenvalue weighted by molar-refractivity contribution is 7.99. The van der Waals surface area contributed by atoms with E-state index in [1.165, 1.54) is 0 Å². The van der Waals surface area contributed by atoms with Crippen molar-refractivity contribution < 1.29 is 4.79 Å². The molecule has 2 aromatic rings. The van der Waals surface area contributed by atoms with Crippen LogP contribution in [-0.2, 0) is 6.54 Å². The quantitative estimate of drug-likeness (QED) is 0.889. The van der Waals surface area contributed by atoms with E-state index >= 15 is 0 Å². The molecule has 19 heavy (non-hydrogen) atoms. The number of aromatic nitrogens is 3. The highest BCUT2D eigenvalue weighted by atomic mass is 32.2. The van der Waals surface area contributed by atoms with Crippen LogP contribution in [0.3, 0.4) is 0 Å². The number of rotatable bonds is 2. The first-order valence-electron chi connectivity index (χ1n) is 6.21. The number of hydrogen-bond donors (Lipinski definition) is 1. The van der Waals surface area contributed by atoms with Crippen LogP contribution in [0.4, 0.5) is 4.79 Å². The molecule has 1 saturated heterocycles. The van der Waals surface area contributed by atoms with Gasteiger partial charge < -0.3 is 10.2 Å². The van der Waals surface area contributed by atoms with E-state index in [0.717, 1.165) is 30.2 Å². The Morgan fingerprint density at radius 3 is 3.05 bits per heavy atom. The lowest BCUT2D eigenvalue weighted by molar-refractivity contribution is 0.202. The topological polar surface area (TPSA) is 62.5 Å². The van der Waals surface area contributed by atoms with E-state index in [4.69, 9.17) is 0 Å². The molecule has 0 saturated carbocycles. The lowest BCUT2D eigenvalue weighted by Gasteiger charge is -2.26. The van der Waals surface area contributed by atoms with Gasteiger partial charge in [0.25, 0.3) is 0 Å². The summed E-state index contributed by atoms with van der Waals surface area (Å²) in [6.07, 6.45) is 7.22. The summed E-state index contributed by atoms with van der Waals surface area (Å²) >= 11 is 1.89. The van der Waals surface area contributed by atoms with Gasteiger partial charge in [0.2, 0.25) is 5.78 Å². The molecule has 3 rings (SSSR count). The predicted octanol–water partition coefficient (Wildman–Crippen LogP) is 0.988. The maximum absolute atomic E-state index is 12.0. The molecule has 1 N–H and O–H groups in total. The van der Waals surface area contributed by atoms with Gasteiger partial charge >= 0.3 is 6.03 Å². The van der Waals surface area contributed by atoms with Crippen molar-refractivity contribution in [3.05, 3.63) is 30.4 Å². The van der Waals surface area contributed by atoms with Crippen LogP contribution >= 0.6 is 11.8 Å². The Labute approximate surface area is 115 Å². The molecule has 100 valence electrons. The number of hydrogen-bond acceptors (Lipinski definition) is 4. The Morgan fingerprint density at radius 1 is 1.37 bits per heavy atom. The van der Waals surface area contributed by atoms with Crippen LogP contribution in [0.2, 0.25) is 0 Å². The van der Waals surface area contributed by atoms with Gasteiger partial charge in [-0.25, -0.2) is 14.8 Å². The standard InChI is InChI=1S/C12H15N5OS/c18-12(16-3-5-19-6-4-16)15-8-10-7-14-11-13-1-2-17(11)9-10/h1-2,7,9H,3-6,8H2,(H,15,18). The number of thioether (sulfide) groups is 1. The number of fused-ring (bicyclic) bond motifs is 1. The second kappa shape index (κ2) is 5.48. The SMILES string of the molecule is O=C(NCc1cnc2nccn2c1)N1CCSCC1. The minimum Gasteiger partial charge on any atom is -0.334 e. The fourth-order valence-corrected chi connectivity index (χ4v) is 2.91. The first-order chi connectivity index (χ1) is 9.33. The molecule has 6 nitrogen and oxygen atoms in total. The second-order valence-corrected chi connectivity index (χ2v) is 5.58. The van der Waals surface area contributed by atoms with Crippen LogP contribution in [0.25, 0.3) is 5.78 Å². The van der Waals surface area contributed by atoms with Crippen molar-refractivity contribution in [2.45, 2.75) is 6.54 Å². The first kappa shape index (κ1) is 12.3. The zero-order valence-corrected chi connectivity index (χ0v) is 11.3. The Morgan fingerprint density at radius 2 is 2.21 bits per heavy atom. The fourth-order valence-electron chi connectivity index (χ4n) is 2.01. The summed E-state index contributed by atoms with van der Waals surface area (Å²) < 4.78 is 1.85. The van der Waals surface area contributed by atoms with Crippen molar-refractivity contribution in [1.29, 1.82) is 0 Å². The number of nitrogens with one attached hydrogen (secondary N) is 1. The summed E-state index contributed by atoms with van der Waals surface area (Å²) in [6.45, 7) is 2.15. The first-order valence-corrected chi connectivity index (χ1v) is 7.36. The molecule has 1 fully saturated rings. The second-order valence-electron chi connectivity index (χ2n) is 4.35. The largest absolute Gasteiger partial charge is 0.334 e. The van der Waals surface area contributed by atoms with Crippen LogP contribution in [0, 0.1) is 0 Å². The molecule has 0 radical (unpaired) electrons. The highest BCUT2D eigenvalue weighted by Crippen LogP contribution is 2.09. The average molecular weight is 277 g/mol.